The summed E-state index contributed by atoms with van der Waals surface area (Å²) < 4.78 is 15.3. The molecule has 26 heavy (non-hydrogen) atoms. The summed E-state index contributed by atoms with van der Waals surface area (Å²) in [5, 5.41) is 3.16. The summed E-state index contributed by atoms with van der Waals surface area (Å²) in [4.78, 5) is 23.6. The van der Waals surface area contributed by atoms with Crippen LogP contribution in [0.1, 0.15) is 5.56 Å². The van der Waals surface area contributed by atoms with Crippen LogP contribution in [0.3, 0.4) is 0 Å². The minimum atomic E-state index is -0.652. The summed E-state index contributed by atoms with van der Waals surface area (Å²) in [5.41, 5.74) is 1.21. The molecule has 6 nitrogen and oxygen atoms in total. The van der Waals surface area contributed by atoms with Crippen molar-refractivity contribution >= 4 is 35.2 Å². The van der Waals surface area contributed by atoms with Gasteiger partial charge in [0.05, 0.1) is 14.2 Å². The molecule has 1 amide bonds. The molecule has 136 valence electrons. The lowest BCUT2D eigenvalue weighted by molar-refractivity contribution is -0.142. The zero-order chi connectivity index (χ0) is 18.9. The first-order valence-electron chi connectivity index (χ1n) is 7.64. The van der Waals surface area contributed by atoms with Gasteiger partial charge >= 0.3 is 5.97 Å². The van der Waals surface area contributed by atoms with Gasteiger partial charge in [0, 0.05) is 22.3 Å². The zero-order valence-corrected chi connectivity index (χ0v) is 15.1. The summed E-state index contributed by atoms with van der Waals surface area (Å²) in [6.45, 7) is -0.402. The van der Waals surface area contributed by atoms with Crippen LogP contribution < -0.4 is 14.8 Å². The smallest absolute Gasteiger partial charge is 0.331 e. The lowest BCUT2D eigenvalue weighted by Crippen LogP contribution is -2.20. The van der Waals surface area contributed by atoms with E-state index in [1.165, 1.54) is 19.3 Å². The number of benzene rings is 2. The number of anilines is 1. The van der Waals surface area contributed by atoms with E-state index in [0.29, 0.717) is 27.8 Å². The third-order valence-corrected chi connectivity index (χ3v) is 3.56. The summed E-state index contributed by atoms with van der Waals surface area (Å²) in [6, 6.07) is 11.8. The highest BCUT2D eigenvalue weighted by molar-refractivity contribution is 6.30. The van der Waals surface area contributed by atoms with Crippen LogP contribution in [0.4, 0.5) is 5.69 Å². The molecular formula is C19H18ClNO5. The van der Waals surface area contributed by atoms with Crippen LogP contribution in [0.25, 0.3) is 6.08 Å². The molecule has 2 aromatic carbocycles. The Hall–Kier alpha value is -2.99. The van der Waals surface area contributed by atoms with Crippen molar-refractivity contribution in [3.63, 3.8) is 0 Å². The maximum Gasteiger partial charge on any atom is 0.331 e. The van der Waals surface area contributed by atoms with E-state index in [0.717, 1.165) is 0 Å². The second-order valence-electron chi connectivity index (χ2n) is 5.10. The quantitative estimate of drug-likeness (QED) is 0.591. The summed E-state index contributed by atoms with van der Waals surface area (Å²) in [7, 11) is 3.07. The zero-order valence-electron chi connectivity index (χ0n) is 14.3. The number of rotatable bonds is 7. The maximum absolute atomic E-state index is 11.8. The van der Waals surface area contributed by atoms with Gasteiger partial charge in [-0.1, -0.05) is 11.6 Å². The van der Waals surface area contributed by atoms with Crippen molar-refractivity contribution in [1.29, 1.82) is 0 Å². The van der Waals surface area contributed by atoms with Gasteiger partial charge < -0.3 is 19.5 Å². The number of amides is 1. The van der Waals surface area contributed by atoms with Crippen molar-refractivity contribution in [1.82, 2.24) is 0 Å². The highest BCUT2D eigenvalue weighted by Crippen LogP contribution is 2.25. The van der Waals surface area contributed by atoms with Crippen molar-refractivity contribution in [2.75, 3.05) is 26.1 Å². The van der Waals surface area contributed by atoms with E-state index in [2.05, 4.69) is 5.32 Å². The standard InChI is InChI=1S/C19H18ClNO5/c1-24-16-8-9-17(25-2)13(11-16)3-10-19(23)26-12-18(22)21-15-6-4-14(20)5-7-15/h3-11H,12H2,1-2H3,(H,21,22)/b10-3+. The molecule has 0 fully saturated rings. The predicted molar refractivity (Wildman–Crippen MR) is 99.6 cm³/mol. The summed E-state index contributed by atoms with van der Waals surface area (Å²) >= 11 is 5.77. The maximum atomic E-state index is 11.8. The molecular weight excluding hydrogens is 358 g/mol. The Labute approximate surface area is 156 Å². The van der Waals surface area contributed by atoms with E-state index in [-0.39, 0.29) is 0 Å². The van der Waals surface area contributed by atoms with Crippen LogP contribution in [0.5, 0.6) is 11.5 Å². The molecule has 0 aliphatic carbocycles. The average Bonchev–Trinajstić information content (AvgIpc) is 2.66. The third kappa shape index (κ3) is 5.82. The molecule has 0 aliphatic heterocycles. The lowest BCUT2D eigenvalue weighted by atomic mass is 10.1. The first kappa shape index (κ1) is 19.3. The average molecular weight is 376 g/mol. The minimum absolute atomic E-state index is 0.402. The first-order chi connectivity index (χ1) is 12.5. The van der Waals surface area contributed by atoms with Crippen molar-refractivity contribution in [3.8, 4) is 11.5 Å². The number of carbonyl (C=O) groups excluding carboxylic acids is 2. The fourth-order valence-corrected chi connectivity index (χ4v) is 2.17. The number of hydrogen-bond donors (Lipinski definition) is 1. The molecule has 2 aromatic rings. The van der Waals surface area contributed by atoms with Crippen LogP contribution in [-0.4, -0.2) is 32.7 Å². The van der Waals surface area contributed by atoms with Crippen LogP contribution in [0, 0.1) is 0 Å². The number of nitrogens with one attached hydrogen (secondary N) is 1. The van der Waals surface area contributed by atoms with Crippen molar-refractivity contribution in [3.05, 3.63) is 59.1 Å². The first-order valence-corrected chi connectivity index (χ1v) is 8.02. The van der Waals surface area contributed by atoms with Gasteiger partial charge in [-0.25, -0.2) is 4.79 Å². The second kappa shape index (κ2) is 9.48. The largest absolute Gasteiger partial charge is 0.497 e. The van der Waals surface area contributed by atoms with E-state index in [4.69, 9.17) is 25.8 Å². The summed E-state index contributed by atoms with van der Waals surface area (Å²) in [6.07, 6.45) is 2.74. The number of esters is 1. The van der Waals surface area contributed by atoms with E-state index in [1.807, 2.05) is 0 Å². The Balaban J connectivity index is 1.89. The molecule has 0 saturated heterocycles. The third-order valence-electron chi connectivity index (χ3n) is 3.31. The minimum Gasteiger partial charge on any atom is -0.497 e. The molecule has 1 N–H and O–H groups in total. The molecule has 0 spiro atoms. The molecule has 0 aliphatic rings. The number of hydrogen-bond acceptors (Lipinski definition) is 5. The predicted octanol–water partition coefficient (Wildman–Crippen LogP) is 3.55. The van der Waals surface area contributed by atoms with Gasteiger partial charge in [0.2, 0.25) is 0 Å². The van der Waals surface area contributed by atoms with Gasteiger partial charge in [0.15, 0.2) is 6.61 Å². The van der Waals surface area contributed by atoms with Crippen LogP contribution in [0.2, 0.25) is 5.02 Å². The van der Waals surface area contributed by atoms with Gasteiger partial charge in [-0.3, -0.25) is 4.79 Å². The number of ether oxygens (including phenoxy) is 3. The van der Waals surface area contributed by atoms with Gasteiger partial charge in [-0.15, -0.1) is 0 Å². The molecule has 0 aromatic heterocycles. The van der Waals surface area contributed by atoms with E-state index >= 15 is 0 Å². The molecule has 7 heteroatoms. The Morgan fingerprint density at radius 1 is 1.08 bits per heavy atom. The van der Waals surface area contributed by atoms with Gasteiger partial charge in [0.25, 0.3) is 5.91 Å². The second-order valence-corrected chi connectivity index (χ2v) is 5.54. The molecule has 0 atom stereocenters. The van der Waals surface area contributed by atoms with Crippen LogP contribution >= 0.6 is 11.6 Å². The topological polar surface area (TPSA) is 73.9 Å². The molecule has 0 saturated carbocycles. The fourth-order valence-electron chi connectivity index (χ4n) is 2.04. The van der Waals surface area contributed by atoms with Gasteiger partial charge in [-0.2, -0.15) is 0 Å². The Morgan fingerprint density at radius 2 is 1.81 bits per heavy atom. The molecule has 0 heterocycles. The molecule has 0 radical (unpaired) electrons. The Kier molecular flexibility index (Phi) is 7.05. The highest BCUT2D eigenvalue weighted by atomic mass is 35.5. The van der Waals surface area contributed by atoms with E-state index < -0.39 is 18.5 Å². The molecule has 0 bridgehead atoms. The van der Waals surface area contributed by atoms with Crippen LogP contribution in [-0.2, 0) is 14.3 Å². The molecule has 2 rings (SSSR count). The SMILES string of the molecule is COc1ccc(OC)c(/C=C/C(=O)OCC(=O)Nc2ccc(Cl)cc2)c1. The van der Waals surface area contributed by atoms with Crippen LogP contribution in [0.15, 0.2) is 48.5 Å². The van der Waals surface area contributed by atoms with Crippen molar-refractivity contribution in [2.24, 2.45) is 0 Å². The fraction of sp³-hybridized carbons (Fsp3) is 0.158. The number of halogens is 1. The normalized spacial score (nSPS) is 10.4. The van der Waals surface area contributed by atoms with Gasteiger partial charge in [0.1, 0.15) is 11.5 Å². The van der Waals surface area contributed by atoms with Gasteiger partial charge in [-0.05, 0) is 48.5 Å². The van der Waals surface area contributed by atoms with E-state index in [1.54, 1.807) is 49.6 Å². The molecule has 0 unspecified atom stereocenters. The Bertz CT molecular complexity index is 802. The summed E-state index contributed by atoms with van der Waals surface area (Å²) in [5.74, 6) is 0.102. The Morgan fingerprint density at radius 3 is 2.46 bits per heavy atom. The highest BCUT2D eigenvalue weighted by Gasteiger charge is 2.07. The van der Waals surface area contributed by atoms with Crippen molar-refractivity contribution in [2.45, 2.75) is 0 Å². The van der Waals surface area contributed by atoms with E-state index in [9.17, 15) is 9.59 Å². The number of methoxy groups -OCH3 is 2. The van der Waals surface area contributed by atoms with Crippen molar-refractivity contribution < 1.29 is 23.8 Å². The lowest BCUT2D eigenvalue weighted by Gasteiger charge is -2.07. The number of carbonyl (C=O) groups is 2. The monoisotopic (exact) mass is 375 g/mol.